The van der Waals surface area contributed by atoms with Gasteiger partial charge in [-0.3, -0.25) is 19.3 Å². The van der Waals surface area contributed by atoms with Gasteiger partial charge in [-0.15, -0.1) is 0 Å². The van der Waals surface area contributed by atoms with Crippen molar-refractivity contribution >= 4 is 28.9 Å². The van der Waals surface area contributed by atoms with Crippen LogP contribution in [0.15, 0.2) is 24.8 Å². The Bertz CT molecular complexity index is 826. The predicted molar refractivity (Wildman–Crippen MR) is 122 cm³/mol. The highest BCUT2D eigenvalue weighted by Gasteiger charge is 2.39. The van der Waals surface area contributed by atoms with Crippen molar-refractivity contribution in [3.63, 3.8) is 0 Å². The Morgan fingerprint density at radius 3 is 2.47 bits per heavy atom. The van der Waals surface area contributed by atoms with Gasteiger partial charge in [0.2, 0.25) is 0 Å². The minimum absolute atomic E-state index is 0.124. The largest absolute Gasteiger partial charge is 0.384 e. The van der Waals surface area contributed by atoms with Crippen LogP contribution in [0.25, 0.3) is 5.70 Å². The number of hydrogen-bond donors (Lipinski definition) is 1. The highest BCUT2D eigenvalue weighted by Crippen LogP contribution is 2.39. The Hall–Kier alpha value is -2.43. The van der Waals surface area contributed by atoms with Gasteiger partial charge in [-0.1, -0.05) is 46.8 Å². The Kier molecular flexibility index (Phi) is 7.99. The molecule has 0 saturated heterocycles. The minimum Gasteiger partial charge on any atom is -0.384 e. The van der Waals surface area contributed by atoms with Gasteiger partial charge in [0.05, 0.1) is 11.6 Å². The molecule has 0 aromatic heterocycles. The van der Waals surface area contributed by atoms with E-state index in [4.69, 9.17) is 0 Å². The van der Waals surface area contributed by atoms with Gasteiger partial charge in [0, 0.05) is 36.3 Å². The van der Waals surface area contributed by atoms with E-state index in [2.05, 4.69) is 32.7 Å². The van der Waals surface area contributed by atoms with Gasteiger partial charge in [-0.25, -0.2) is 0 Å². The second kappa shape index (κ2) is 10.1. The van der Waals surface area contributed by atoms with Crippen molar-refractivity contribution in [2.75, 3.05) is 11.9 Å². The first kappa shape index (κ1) is 23.8. The van der Waals surface area contributed by atoms with Crippen molar-refractivity contribution < 1.29 is 14.4 Å². The van der Waals surface area contributed by atoms with E-state index in [1.54, 1.807) is 6.07 Å². The summed E-state index contributed by atoms with van der Waals surface area (Å²) in [6, 6.07) is 4.93. The van der Waals surface area contributed by atoms with Crippen molar-refractivity contribution in [1.29, 1.82) is 0 Å². The van der Waals surface area contributed by atoms with Crippen molar-refractivity contribution in [2.45, 2.75) is 79.2 Å². The molecule has 1 amide bonds. The van der Waals surface area contributed by atoms with Crippen molar-refractivity contribution in [3.05, 3.63) is 35.9 Å². The van der Waals surface area contributed by atoms with Crippen LogP contribution in [0.1, 0.15) is 89.1 Å². The molecule has 0 spiro atoms. The van der Waals surface area contributed by atoms with Crippen molar-refractivity contribution in [1.82, 2.24) is 4.90 Å². The van der Waals surface area contributed by atoms with Crippen LogP contribution in [-0.2, 0) is 9.59 Å². The summed E-state index contributed by atoms with van der Waals surface area (Å²) in [5, 5.41) is 3.50. The number of Topliss-reactive ketones (excluding diaryl/α,β-unsaturated/α-hetero) is 2. The Morgan fingerprint density at radius 1 is 1.17 bits per heavy atom. The topological polar surface area (TPSA) is 66.5 Å². The van der Waals surface area contributed by atoms with Crippen molar-refractivity contribution in [3.8, 4) is 0 Å². The highest BCUT2D eigenvalue weighted by atomic mass is 16.2. The molecule has 1 aromatic carbocycles. The molecule has 1 aliphatic heterocycles. The summed E-state index contributed by atoms with van der Waals surface area (Å²) < 4.78 is 0. The average Bonchev–Trinajstić information content (AvgIpc) is 2.92. The van der Waals surface area contributed by atoms with Gasteiger partial charge >= 0.3 is 0 Å². The number of nitrogens with one attached hydrogen (secondary N) is 1. The van der Waals surface area contributed by atoms with Crippen LogP contribution in [0.4, 0.5) is 5.69 Å². The minimum atomic E-state index is -0.664. The Labute approximate surface area is 180 Å². The number of carbonyl (C=O) groups excluding carboxylic acids is 3. The molecule has 5 heteroatoms. The first-order valence-electron chi connectivity index (χ1n) is 11.0. The summed E-state index contributed by atoms with van der Waals surface area (Å²) in [4.78, 5) is 39.1. The number of benzene rings is 1. The fraction of sp³-hybridized carbons (Fsp3) is 0.560. The van der Waals surface area contributed by atoms with Gasteiger partial charge < -0.3 is 5.32 Å². The van der Waals surface area contributed by atoms with E-state index < -0.39 is 6.04 Å². The predicted octanol–water partition coefficient (Wildman–Crippen LogP) is 5.46. The average molecular weight is 413 g/mol. The Balaban J connectivity index is 2.26. The van der Waals surface area contributed by atoms with E-state index in [0.29, 0.717) is 30.5 Å². The quantitative estimate of drug-likeness (QED) is 0.495. The smallest absolute Gasteiger partial charge is 0.259 e. The normalized spacial score (nSPS) is 14.6. The van der Waals surface area contributed by atoms with Gasteiger partial charge in [0.1, 0.15) is 5.78 Å². The number of hydrogen-bond acceptors (Lipinski definition) is 4. The first-order valence-corrected chi connectivity index (χ1v) is 11.0. The number of anilines is 1. The van der Waals surface area contributed by atoms with Crippen LogP contribution in [0.5, 0.6) is 0 Å². The maximum atomic E-state index is 13.2. The molecule has 1 unspecified atom stereocenters. The number of rotatable bonds is 12. The SMILES string of the molecule is C=C1c2c(NCC(C)(C)CCC)cccc2C(=O)N1C(CCC(=O)CCC)C(C)=O. The standard InChI is InChI=1S/C25H36N2O3/c1-7-10-19(29)13-14-22(18(4)28)27-17(3)23-20(24(27)30)11-9-12-21(23)26-16-25(5,6)15-8-2/h9,11-12,22,26H,3,7-8,10,13-16H2,1-2,4-6H3. The maximum absolute atomic E-state index is 13.2. The summed E-state index contributed by atoms with van der Waals surface area (Å²) in [6.07, 6.45) is 4.12. The zero-order valence-electron chi connectivity index (χ0n) is 19.1. The van der Waals surface area contributed by atoms with E-state index >= 15 is 0 Å². The van der Waals surface area contributed by atoms with Crippen LogP contribution in [-0.4, -0.2) is 35.0 Å². The molecular formula is C25H36N2O3. The lowest BCUT2D eigenvalue weighted by molar-refractivity contribution is -0.122. The van der Waals surface area contributed by atoms with Crippen LogP contribution in [0, 0.1) is 5.41 Å². The third-order valence-corrected chi connectivity index (χ3v) is 5.78. The van der Waals surface area contributed by atoms with Gasteiger partial charge in [0.15, 0.2) is 5.78 Å². The van der Waals surface area contributed by atoms with E-state index in [1.165, 1.54) is 11.8 Å². The third-order valence-electron chi connectivity index (χ3n) is 5.78. The number of nitrogens with zero attached hydrogens (tertiary/aromatic N) is 1. The van der Waals surface area contributed by atoms with E-state index in [9.17, 15) is 14.4 Å². The second-order valence-corrected chi connectivity index (χ2v) is 9.07. The molecule has 5 nitrogen and oxygen atoms in total. The molecule has 1 heterocycles. The summed E-state index contributed by atoms with van der Waals surface area (Å²) in [7, 11) is 0. The lowest BCUT2D eigenvalue weighted by Gasteiger charge is -2.28. The number of ketones is 2. The van der Waals surface area contributed by atoms with Crippen LogP contribution >= 0.6 is 0 Å². The maximum Gasteiger partial charge on any atom is 0.259 e. The van der Waals surface area contributed by atoms with Crippen LogP contribution < -0.4 is 5.32 Å². The lowest BCUT2D eigenvalue weighted by Crippen LogP contribution is -2.40. The third kappa shape index (κ3) is 5.38. The summed E-state index contributed by atoms with van der Waals surface area (Å²) in [5.41, 5.74) is 2.85. The molecule has 1 aromatic rings. The molecule has 0 aliphatic carbocycles. The molecule has 2 rings (SSSR count). The molecule has 164 valence electrons. The number of carbonyl (C=O) groups is 3. The monoisotopic (exact) mass is 412 g/mol. The van der Waals surface area contributed by atoms with E-state index in [-0.39, 0.29) is 22.9 Å². The van der Waals surface area contributed by atoms with Crippen LogP contribution in [0.2, 0.25) is 0 Å². The fourth-order valence-corrected chi connectivity index (χ4v) is 4.21. The number of amides is 1. The van der Waals surface area contributed by atoms with Gasteiger partial charge in [-0.2, -0.15) is 0 Å². The van der Waals surface area contributed by atoms with Crippen molar-refractivity contribution in [2.24, 2.45) is 5.41 Å². The molecular weight excluding hydrogens is 376 g/mol. The molecule has 1 atom stereocenters. The second-order valence-electron chi connectivity index (χ2n) is 9.07. The van der Waals surface area contributed by atoms with Gasteiger partial charge in [0.25, 0.3) is 5.91 Å². The zero-order valence-corrected chi connectivity index (χ0v) is 19.1. The zero-order chi connectivity index (χ0) is 22.5. The molecule has 1 N–H and O–H groups in total. The highest BCUT2D eigenvalue weighted by molar-refractivity contribution is 6.13. The van der Waals surface area contributed by atoms with E-state index in [1.807, 2.05) is 19.1 Å². The van der Waals surface area contributed by atoms with E-state index in [0.717, 1.165) is 37.1 Å². The summed E-state index contributed by atoms with van der Waals surface area (Å²) >= 11 is 0. The first-order chi connectivity index (χ1) is 14.1. The summed E-state index contributed by atoms with van der Waals surface area (Å²) in [6.45, 7) is 15.0. The summed E-state index contributed by atoms with van der Waals surface area (Å²) in [5.74, 6) is -0.214. The molecule has 0 bridgehead atoms. The number of fused-ring (bicyclic) bond motifs is 1. The lowest BCUT2D eigenvalue weighted by atomic mass is 9.88. The molecule has 30 heavy (non-hydrogen) atoms. The fourth-order valence-electron chi connectivity index (χ4n) is 4.21. The Morgan fingerprint density at radius 2 is 1.87 bits per heavy atom. The molecule has 1 aliphatic rings. The van der Waals surface area contributed by atoms with Gasteiger partial charge in [-0.05, 0) is 43.7 Å². The van der Waals surface area contributed by atoms with Crippen LogP contribution in [0.3, 0.4) is 0 Å². The molecule has 0 fully saturated rings. The molecule has 0 saturated carbocycles. The molecule has 0 radical (unpaired) electrons.